The second-order valence-electron chi connectivity index (χ2n) is 33.0. The molecule has 32 nitrogen and oxygen atoms in total. The minimum atomic E-state index is 0.446. The highest BCUT2D eigenvalue weighted by molar-refractivity contribution is 6.32. The molecule has 16 aromatic rings. The number of pyridine rings is 3. The van der Waals surface area contributed by atoms with Crippen molar-refractivity contribution in [2.24, 2.45) is 0 Å². The number of hydrogen-bond donors (Lipinski definition) is 8. The van der Waals surface area contributed by atoms with Crippen LogP contribution in [0.5, 0.6) is 23.0 Å². The number of rotatable bonds is 32. The van der Waals surface area contributed by atoms with Crippen LogP contribution in [0.2, 0.25) is 15.1 Å². The van der Waals surface area contributed by atoms with Crippen molar-refractivity contribution in [1.82, 2.24) is 59.8 Å². The Morgan fingerprint density at radius 3 is 0.993 bits per heavy atom. The van der Waals surface area contributed by atoms with E-state index in [1.807, 2.05) is 140 Å². The number of halogens is 3. The fraction of sp³-hybridized carbons (Fsp3) is 0.294. The Morgan fingerprint density at radius 2 is 0.599 bits per heavy atom. The van der Waals surface area contributed by atoms with Crippen molar-refractivity contribution < 1.29 is 28.4 Å². The lowest BCUT2D eigenvalue weighted by molar-refractivity contribution is 0.122. The lowest BCUT2D eigenvalue weighted by Crippen LogP contribution is -2.48. The van der Waals surface area contributed by atoms with Gasteiger partial charge in [-0.15, -0.1) is 0 Å². The molecule has 4 fully saturated rings. The molecular weight excluding hydrogens is 1790 g/mol. The van der Waals surface area contributed by atoms with Crippen molar-refractivity contribution in [3.05, 3.63) is 239 Å². The van der Waals surface area contributed by atoms with E-state index in [2.05, 4.69) is 173 Å². The molecule has 20 rings (SSSR count). The number of nitrogens with zero attached hydrogens (tertiary/aromatic N) is 18. The van der Waals surface area contributed by atoms with Crippen molar-refractivity contribution in [3.63, 3.8) is 0 Å². The van der Waals surface area contributed by atoms with Crippen LogP contribution in [0.15, 0.2) is 218 Å². The number of methoxy groups -OCH3 is 4. The van der Waals surface area contributed by atoms with Gasteiger partial charge in [-0.05, 0) is 201 Å². The summed E-state index contributed by atoms with van der Waals surface area (Å²) >= 11 is 18.9. The molecular formula is C102H109Cl3N26O6. The lowest BCUT2D eigenvalue weighted by Gasteiger charge is -2.38. The van der Waals surface area contributed by atoms with Gasteiger partial charge < -0.3 is 100 Å². The molecule has 0 bridgehead atoms. The number of fused-ring (bicyclic) bond motifs is 6. The predicted molar refractivity (Wildman–Crippen MR) is 555 cm³/mol. The van der Waals surface area contributed by atoms with Crippen molar-refractivity contribution in [2.45, 2.75) is 26.2 Å². The first-order chi connectivity index (χ1) is 67.3. The molecule has 0 radical (unpaired) electrons. The van der Waals surface area contributed by atoms with E-state index in [1.54, 1.807) is 28.4 Å². The number of anilines is 16. The second-order valence-corrected chi connectivity index (χ2v) is 34.3. The summed E-state index contributed by atoms with van der Waals surface area (Å²) in [4.78, 5) is 71.3. The number of benzene rings is 10. The van der Waals surface area contributed by atoms with Gasteiger partial charge in [0.1, 0.15) is 23.0 Å². The van der Waals surface area contributed by atoms with E-state index in [4.69, 9.17) is 108 Å². The quantitative estimate of drug-likeness (QED) is 0.0143. The highest BCUT2D eigenvalue weighted by Crippen LogP contribution is 2.39. The van der Waals surface area contributed by atoms with Crippen molar-refractivity contribution in [2.75, 3.05) is 245 Å². The largest absolute Gasteiger partial charge is 0.497 e. The topological polar surface area (TPSA) is 326 Å². The summed E-state index contributed by atoms with van der Waals surface area (Å²) in [5.41, 5.74) is 13.8. The molecule has 0 saturated carbocycles. The van der Waals surface area contributed by atoms with Crippen LogP contribution in [0.25, 0.3) is 65.4 Å². The van der Waals surface area contributed by atoms with Crippen LogP contribution in [-0.2, 0) is 15.9 Å². The first-order valence-electron chi connectivity index (χ1n) is 46.2. The normalized spacial score (nSPS) is 13.9. The summed E-state index contributed by atoms with van der Waals surface area (Å²) < 4.78 is 32.6. The van der Waals surface area contributed by atoms with Gasteiger partial charge in [-0.2, -0.15) is 44.9 Å². The molecule has 704 valence electrons. The van der Waals surface area contributed by atoms with Crippen LogP contribution in [0, 0.1) is 0 Å². The molecule has 4 aliphatic rings. The van der Waals surface area contributed by atoms with E-state index in [0.717, 1.165) is 227 Å². The van der Waals surface area contributed by atoms with Crippen LogP contribution >= 0.6 is 34.8 Å². The Hall–Kier alpha value is -14.6. The van der Waals surface area contributed by atoms with Gasteiger partial charge in [0.15, 0.2) is 0 Å². The first-order valence-corrected chi connectivity index (χ1v) is 47.4. The van der Waals surface area contributed by atoms with Gasteiger partial charge in [-0.25, -0.2) is 15.0 Å². The number of morpholine rings is 2. The third kappa shape index (κ3) is 23.3. The first kappa shape index (κ1) is 92.9. The summed E-state index contributed by atoms with van der Waals surface area (Å²) in [5, 5.41) is 36.0. The predicted octanol–water partition coefficient (Wildman–Crippen LogP) is 18.4. The van der Waals surface area contributed by atoms with E-state index in [-0.39, 0.29) is 0 Å². The third-order valence-electron chi connectivity index (χ3n) is 24.2. The maximum absolute atomic E-state index is 6.34. The van der Waals surface area contributed by atoms with Crippen LogP contribution in [0.1, 0.15) is 25.3 Å². The monoisotopic (exact) mass is 1900 g/mol. The molecule has 4 saturated heterocycles. The fourth-order valence-electron chi connectivity index (χ4n) is 16.9. The number of aryl methyl sites for hydroxylation is 1. The van der Waals surface area contributed by atoms with Gasteiger partial charge in [0.25, 0.3) is 0 Å². The molecule has 10 aromatic carbocycles. The molecule has 6 aromatic heterocycles. The summed E-state index contributed by atoms with van der Waals surface area (Å²) in [6, 6.07) is 72.2. The number of ether oxygens (including phenoxy) is 6. The molecule has 0 unspecified atom stereocenters. The maximum atomic E-state index is 6.34. The molecule has 8 N–H and O–H groups in total. The highest BCUT2D eigenvalue weighted by Gasteiger charge is 2.27. The summed E-state index contributed by atoms with van der Waals surface area (Å²) in [5.74, 6) is 8.30. The van der Waals surface area contributed by atoms with Crippen molar-refractivity contribution in [3.8, 4) is 23.0 Å². The van der Waals surface area contributed by atoms with E-state index in [1.165, 1.54) is 16.9 Å². The fourth-order valence-corrected chi connectivity index (χ4v) is 17.4. The zero-order chi connectivity index (χ0) is 93.8. The minimum Gasteiger partial charge on any atom is -0.497 e. The summed E-state index contributed by atoms with van der Waals surface area (Å²) in [6.45, 7) is 18.6. The number of hydrogen-bond acceptors (Lipinski definition) is 32. The maximum Gasteiger partial charge on any atom is 0.233 e. The van der Waals surface area contributed by atoms with Gasteiger partial charge in [-0.1, -0.05) is 84.2 Å². The zero-order valence-electron chi connectivity index (χ0n) is 77.1. The van der Waals surface area contributed by atoms with Gasteiger partial charge in [-0.3, -0.25) is 0 Å². The minimum absolute atomic E-state index is 0.446. The molecule has 137 heavy (non-hydrogen) atoms. The molecule has 0 amide bonds. The van der Waals surface area contributed by atoms with Gasteiger partial charge in [0.05, 0.1) is 105 Å². The standard InChI is InChI=1S/C40H43ClN10O.C32H35ClN8O2.C30H31ClN8O3/c1-52-32-14-16-35-34(28-32)37(33-15-13-29(41)27-36(33)44-35)42-17-8-18-43-38-45-39(50-23-19-48(20-24-50)30-9-4-2-5-10-30)47-40(46-38)51-25-21-49(22-26-51)31-11-6-3-7-12-31;1-3-21-5-12-27-26(19-21)29(25-11-6-22(33)20-28(25)37-27)34-13-4-14-35-30-38-31(36-23-7-9-24(42-2)10-8-23)40-32(39-30)41-15-17-43-18-16-41;1-40-21-6-4-20(5-7-21)34-29-36-28(37-30(38-29)39-13-15-42-16-14-39)33-12-11-32-27-23-9-3-19(31)17-26(23)35-25-10-8-22(41-2)18-24(25)27/h2-7,9-16,27-28H,8,17-26H2,1H3,(H,42,44)(H,43,45,46,47);5-12,19-20H,3-4,13-18H2,1-2H3,(H,34,37)(H2,35,36,38,39,40);3-10,17-18H,11-16H2,1-2H3,(H,32,35)(H2,33,34,36,37,38). The average Bonchev–Trinajstić information content (AvgIpc) is 0.773. The van der Waals surface area contributed by atoms with Crippen LogP contribution in [0.3, 0.4) is 0 Å². The Bertz CT molecular complexity index is 6730. The molecule has 35 heteroatoms. The Balaban J connectivity index is 0.000000138. The molecule has 0 spiro atoms. The van der Waals surface area contributed by atoms with Crippen LogP contribution < -0.4 is 90.9 Å². The second kappa shape index (κ2) is 44.7. The lowest BCUT2D eigenvalue weighted by atomic mass is 10.0. The van der Waals surface area contributed by atoms with E-state index >= 15 is 0 Å². The summed E-state index contributed by atoms with van der Waals surface area (Å²) in [7, 11) is 6.63. The molecule has 10 heterocycles. The Labute approximate surface area is 809 Å². The SMILES string of the molecule is CCc1ccc2nc3cc(Cl)ccc3c(NCCCNc3nc(Nc4ccc(OC)cc4)nc(N4CCOCC4)n3)c2c1.COc1ccc(Nc2nc(NCCNc3c4ccc(Cl)cc4nc4ccc(OC)cc34)nc(N3CCOCC3)n2)cc1.COc1ccc2nc3cc(Cl)ccc3c(NCCCNc3nc(N4CCN(c5ccccc5)CC4)nc(N4CCN(c5ccccc5)CC4)n3)c2c1. The number of para-hydroxylation sites is 2. The van der Waals surface area contributed by atoms with Crippen LogP contribution in [0.4, 0.5) is 93.3 Å². The third-order valence-corrected chi connectivity index (χ3v) is 24.9. The molecule has 0 aliphatic carbocycles. The average molecular weight is 1900 g/mol. The smallest absolute Gasteiger partial charge is 0.233 e. The van der Waals surface area contributed by atoms with Gasteiger partial charge in [0.2, 0.25) is 53.5 Å². The zero-order valence-corrected chi connectivity index (χ0v) is 79.4. The Kier molecular flexibility index (Phi) is 30.3. The van der Waals surface area contributed by atoms with Gasteiger partial charge in [0, 0.05) is 188 Å². The number of aromatic nitrogens is 12. The Morgan fingerprint density at radius 1 is 0.277 bits per heavy atom. The van der Waals surface area contributed by atoms with Gasteiger partial charge >= 0.3 is 0 Å². The number of piperazine rings is 2. The highest BCUT2D eigenvalue weighted by atomic mass is 35.5. The number of nitrogens with one attached hydrogen (secondary N) is 8. The van der Waals surface area contributed by atoms with E-state index < -0.39 is 0 Å². The van der Waals surface area contributed by atoms with E-state index in [9.17, 15) is 0 Å². The van der Waals surface area contributed by atoms with Crippen LogP contribution in [-0.4, -0.2) is 232 Å². The van der Waals surface area contributed by atoms with E-state index in [0.29, 0.717) is 122 Å². The van der Waals surface area contributed by atoms with Crippen molar-refractivity contribution in [1.29, 1.82) is 0 Å². The molecule has 4 aliphatic heterocycles. The summed E-state index contributed by atoms with van der Waals surface area (Å²) in [6.07, 6.45) is 2.64. The molecule has 0 atom stereocenters. The van der Waals surface area contributed by atoms with Crippen molar-refractivity contribution >= 4 is 194 Å².